The van der Waals surface area contributed by atoms with Crippen LogP contribution < -0.4 is 5.73 Å². The molecule has 0 heterocycles. The molecule has 0 radical (unpaired) electrons. The second-order valence-corrected chi connectivity index (χ2v) is 5.12. The van der Waals surface area contributed by atoms with Crippen molar-refractivity contribution in [3.63, 3.8) is 0 Å². The van der Waals surface area contributed by atoms with Crippen molar-refractivity contribution >= 4 is 0 Å². The van der Waals surface area contributed by atoms with E-state index in [1.54, 1.807) is 7.11 Å². The highest BCUT2D eigenvalue weighted by Crippen LogP contribution is 2.30. The van der Waals surface area contributed by atoms with Crippen LogP contribution in [0.1, 0.15) is 51.9 Å². The first-order valence-electron chi connectivity index (χ1n) is 7.15. The molecule has 2 N–H and O–H groups in total. The fourth-order valence-corrected chi connectivity index (χ4v) is 2.89. The van der Waals surface area contributed by atoms with Crippen molar-refractivity contribution in [2.75, 3.05) is 20.3 Å². The maximum absolute atomic E-state index is 6.30. The van der Waals surface area contributed by atoms with Gasteiger partial charge in [-0.2, -0.15) is 0 Å². The molecule has 0 spiro atoms. The van der Waals surface area contributed by atoms with Crippen LogP contribution in [0.25, 0.3) is 0 Å². The molecule has 17 heavy (non-hydrogen) atoms. The van der Waals surface area contributed by atoms with Crippen LogP contribution in [0.15, 0.2) is 0 Å². The van der Waals surface area contributed by atoms with Crippen molar-refractivity contribution in [2.45, 2.75) is 64.0 Å². The van der Waals surface area contributed by atoms with E-state index in [0.29, 0.717) is 5.92 Å². The fraction of sp³-hybridized carbons (Fsp3) is 1.00. The summed E-state index contributed by atoms with van der Waals surface area (Å²) in [5, 5.41) is 0. The van der Waals surface area contributed by atoms with Crippen LogP contribution in [0.2, 0.25) is 0 Å². The zero-order chi connectivity index (χ0) is 12.5. The van der Waals surface area contributed by atoms with Crippen molar-refractivity contribution in [1.29, 1.82) is 0 Å². The van der Waals surface area contributed by atoms with E-state index in [1.165, 1.54) is 32.1 Å². The van der Waals surface area contributed by atoms with E-state index < -0.39 is 0 Å². The van der Waals surface area contributed by atoms with Crippen LogP contribution in [-0.4, -0.2) is 32.5 Å². The predicted octanol–water partition coefficient (Wildman–Crippen LogP) is 2.73. The molecule has 1 saturated carbocycles. The Morgan fingerprint density at radius 3 is 2.53 bits per heavy atom. The largest absolute Gasteiger partial charge is 0.385 e. The molecule has 0 amide bonds. The number of methoxy groups -OCH3 is 1. The Labute approximate surface area is 106 Å². The van der Waals surface area contributed by atoms with Gasteiger partial charge < -0.3 is 15.2 Å². The van der Waals surface area contributed by atoms with Gasteiger partial charge in [0, 0.05) is 26.4 Å². The minimum absolute atomic E-state index is 0.174. The molecule has 0 bridgehead atoms. The standard InChI is InChI=1S/C14H29NO2/c1-3-17-14(12-8-5-4-6-9-12)13(15)10-7-11-16-2/h12-14H,3-11,15H2,1-2H3. The monoisotopic (exact) mass is 243 g/mol. The van der Waals surface area contributed by atoms with E-state index in [-0.39, 0.29) is 12.1 Å². The number of hydrogen-bond donors (Lipinski definition) is 1. The molecule has 102 valence electrons. The Kier molecular flexibility index (Phi) is 7.82. The van der Waals surface area contributed by atoms with E-state index in [1.807, 2.05) is 0 Å². The lowest BCUT2D eigenvalue weighted by Gasteiger charge is -2.34. The molecule has 0 aromatic carbocycles. The van der Waals surface area contributed by atoms with E-state index in [9.17, 15) is 0 Å². The molecule has 3 nitrogen and oxygen atoms in total. The smallest absolute Gasteiger partial charge is 0.0753 e. The quantitative estimate of drug-likeness (QED) is 0.667. The summed E-state index contributed by atoms with van der Waals surface area (Å²) >= 11 is 0. The lowest BCUT2D eigenvalue weighted by Crippen LogP contribution is -2.43. The van der Waals surface area contributed by atoms with Crippen LogP contribution in [0.4, 0.5) is 0 Å². The Bertz CT molecular complexity index is 181. The molecule has 1 aliphatic rings. The van der Waals surface area contributed by atoms with Crippen LogP contribution in [0, 0.1) is 5.92 Å². The van der Waals surface area contributed by atoms with E-state index in [4.69, 9.17) is 15.2 Å². The first kappa shape index (κ1) is 14.9. The topological polar surface area (TPSA) is 44.5 Å². The summed E-state index contributed by atoms with van der Waals surface area (Å²) in [7, 11) is 1.74. The molecular weight excluding hydrogens is 214 g/mol. The molecule has 0 aromatic heterocycles. The molecule has 2 unspecified atom stereocenters. The van der Waals surface area contributed by atoms with E-state index in [0.717, 1.165) is 26.1 Å². The van der Waals surface area contributed by atoms with Crippen molar-refractivity contribution in [2.24, 2.45) is 11.7 Å². The summed E-state index contributed by atoms with van der Waals surface area (Å²) in [6.45, 7) is 3.65. The van der Waals surface area contributed by atoms with Crippen molar-refractivity contribution in [3.05, 3.63) is 0 Å². The van der Waals surface area contributed by atoms with Crippen LogP contribution in [0.5, 0.6) is 0 Å². The summed E-state index contributed by atoms with van der Waals surface area (Å²) in [4.78, 5) is 0. The molecule has 0 aromatic rings. The highest BCUT2D eigenvalue weighted by atomic mass is 16.5. The predicted molar refractivity (Wildman–Crippen MR) is 71.1 cm³/mol. The highest BCUT2D eigenvalue weighted by Gasteiger charge is 2.28. The molecule has 1 fully saturated rings. The van der Waals surface area contributed by atoms with Gasteiger partial charge >= 0.3 is 0 Å². The third-order valence-corrected chi connectivity index (χ3v) is 3.78. The molecule has 1 rings (SSSR count). The van der Waals surface area contributed by atoms with Gasteiger partial charge in [0.1, 0.15) is 0 Å². The Hall–Kier alpha value is -0.120. The number of rotatable bonds is 8. The van der Waals surface area contributed by atoms with Gasteiger partial charge in [0.05, 0.1) is 6.10 Å². The van der Waals surface area contributed by atoms with Gasteiger partial charge in [0.15, 0.2) is 0 Å². The zero-order valence-corrected chi connectivity index (χ0v) is 11.5. The van der Waals surface area contributed by atoms with Gasteiger partial charge in [-0.15, -0.1) is 0 Å². The molecule has 0 saturated heterocycles. The first-order valence-corrected chi connectivity index (χ1v) is 7.15. The summed E-state index contributed by atoms with van der Waals surface area (Å²) in [5.74, 6) is 0.682. The highest BCUT2D eigenvalue weighted by molar-refractivity contribution is 4.82. The van der Waals surface area contributed by atoms with Crippen molar-refractivity contribution in [1.82, 2.24) is 0 Å². The molecule has 2 atom stereocenters. The number of nitrogens with two attached hydrogens (primary N) is 1. The van der Waals surface area contributed by atoms with Gasteiger partial charge in [-0.05, 0) is 38.5 Å². The lowest BCUT2D eigenvalue weighted by molar-refractivity contribution is -0.0122. The second-order valence-electron chi connectivity index (χ2n) is 5.12. The summed E-state index contributed by atoms with van der Waals surface area (Å²) in [6.07, 6.45) is 8.97. The normalized spacial score (nSPS) is 21.4. The van der Waals surface area contributed by atoms with E-state index in [2.05, 4.69) is 6.92 Å². The fourth-order valence-electron chi connectivity index (χ4n) is 2.89. The third kappa shape index (κ3) is 5.36. The third-order valence-electron chi connectivity index (χ3n) is 3.78. The molecular formula is C14H29NO2. The Morgan fingerprint density at radius 1 is 1.24 bits per heavy atom. The summed E-state index contributed by atoms with van der Waals surface area (Å²) in [5.41, 5.74) is 6.30. The maximum Gasteiger partial charge on any atom is 0.0753 e. The van der Waals surface area contributed by atoms with Crippen LogP contribution in [0.3, 0.4) is 0 Å². The number of hydrogen-bond acceptors (Lipinski definition) is 3. The minimum atomic E-state index is 0.174. The van der Waals surface area contributed by atoms with Crippen molar-refractivity contribution in [3.8, 4) is 0 Å². The average Bonchev–Trinajstić information content (AvgIpc) is 2.37. The summed E-state index contributed by atoms with van der Waals surface area (Å²) < 4.78 is 11.0. The molecule has 0 aliphatic heterocycles. The molecule has 3 heteroatoms. The lowest BCUT2D eigenvalue weighted by atomic mass is 9.82. The zero-order valence-electron chi connectivity index (χ0n) is 11.5. The van der Waals surface area contributed by atoms with Gasteiger partial charge in [-0.25, -0.2) is 0 Å². The second kappa shape index (κ2) is 8.90. The van der Waals surface area contributed by atoms with Crippen molar-refractivity contribution < 1.29 is 9.47 Å². The van der Waals surface area contributed by atoms with Gasteiger partial charge in [-0.3, -0.25) is 0 Å². The van der Waals surface area contributed by atoms with Gasteiger partial charge in [-0.1, -0.05) is 19.3 Å². The van der Waals surface area contributed by atoms with Gasteiger partial charge in [0.25, 0.3) is 0 Å². The Morgan fingerprint density at radius 2 is 1.94 bits per heavy atom. The van der Waals surface area contributed by atoms with Crippen LogP contribution >= 0.6 is 0 Å². The van der Waals surface area contributed by atoms with Gasteiger partial charge in [0.2, 0.25) is 0 Å². The minimum Gasteiger partial charge on any atom is -0.385 e. The number of ether oxygens (including phenoxy) is 2. The first-order chi connectivity index (χ1) is 8.29. The molecule has 1 aliphatic carbocycles. The Balaban J connectivity index is 2.38. The maximum atomic E-state index is 6.30. The SMILES string of the molecule is CCOC(C(N)CCCOC)C1CCCCC1. The summed E-state index contributed by atoms with van der Waals surface area (Å²) in [6, 6.07) is 0.174. The average molecular weight is 243 g/mol. The van der Waals surface area contributed by atoms with Crippen LogP contribution in [-0.2, 0) is 9.47 Å². The van der Waals surface area contributed by atoms with E-state index >= 15 is 0 Å².